The number of furan rings is 1. The molecule has 0 spiro atoms. The van der Waals surface area contributed by atoms with E-state index in [-0.39, 0.29) is 0 Å². The molecule has 188 valence electrons. The van der Waals surface area contributed by atoms with Gasteiger partial charge in [-0.15, -0.1) is 0 Å². The number of para-hydroxylation sites is 1. The largest absolute Gasteiger partial charge is 0.456 e. The van der Waals surface area contributed by atoms with Gasteiger partial charge in [-0.3, -0.25) is 0 Å². The van der Waals surface area contributed by atoms with Crippen LogP contribution < -0.4 is 20.7 Å². The Morgan fingerprint density at radius 1 is 0.450 bits per heavy atom. The van der Waals surface area contributed by atoms with E-state index in [1.54, 1.807) is 0 Å². The van der Waals surface area contributed by atoms with Crippen molar-refractivity contribution in [1.29, 1.82) is 0 Å². The molecule has 0 N–H and O–H groups in total. The summed E-state index contributed by atoms with van der Waals surface area (Å²) >= 11 is 0. The Morgan fingerprint density at radius 2 is 1.05 bits per heavy atom. The molecular weight excluding hydrogens is 502 g/mol. The lowest BCUT2D eigenvalue weighted by Gasteiger charge is -2.34. The number of benzene rings is 6. The Labute approximate surface area is 234 Å². The van der Waals surface area contributed by atoms with Crippen molar-refractivity contribution in [2.45, 2.75) is 0 Å². The van der Waals surface area contributed by atoms with Crippen molar-refractivity contribution < 1.29 is 4.42 Å². The summed E-state index contributed by atoms with van der Waals surface area (Å²) < 4.78 is 6.23. The summed E-state index contributed by atoms with van der Waals surface area (Å²) in [4.78, 5) is 3.57. The molecule has 0 fully saturated rings. The summed E-state index contributed by atoms with van der Waals surface area (Å²) in [6.07, 6.45) is 0. The molecule has 0 unspecified atom stereocenters. The maximum atomic E-state index is 7.34. The van der Waals surface area contributed by atoms with Gasteiger partial charge in [-0.2, -0.15) is 0 Å². The molecule has 0 saturated carbocycles. The van der Waals surface area contributed by atoms with Crippen molar-refractivity contribution in [2.24, 2.45) is 0 Å². The van der Waals surface area contributed by atoms with Gasteiger partial charge in [0.25, 0.3) is 0 Å². The van der Waals surface area contributed by atoms with E-state index >= 15 is 0 Å². The minimum absolute atomic E-state index is 0.651. The van der Waals surface area contributed by atoms with Crippen LogP contribution in [0.2, 0.25) is 0 Å². The van der Waals surface area contributed by atoms with Crippen molar-refractivity contribution in [2.75, 3.05) is 0 Å². The Morgan fingerprint density at radius 3 is 1.75 bits per heavy atom. The van der Waals surface area contributed by atoms with E-state index in [4.69, 9.17) is 11.0 Å². The first-order valence-electron chi connectivity index (χ1n) is 13.4. The van der Waals surface area contributed by atoms with Crippen molar-refractivity contribution in [3.05, 3.63) is 163 Å². The number of fused-ring (bicyclic) bond motifs is 3. The zero-order valence-electron chi connectivity index (χ0n) is 21.8. The lowest BCUT2D eigenvalue weighted by molar-refractivity contribution is 0.669. The monoisotopic (exact) mass is 527 g/mol. The van der Waals surface area contributed by atoms with Crippen LogP contribution in [0.15, 0.2) is 156 Å². The van der Waals surface area contributed by atoms with Crippen LogP contribution in [0.1, 0.15) is 0 Å². The number of hydrogen-bond acceptors (Lipinski definition) is 1. The first kappa shape index (κ1) is 23.9. The van der Waals surface area contributed by atoms with Crippen LogP contribution in [0.25, 0.3) is 37.9 Å². The van der Waals surface area contributed by atoms with Gasteiger partial charge < -0.3 is 4.42 Å². The van der Waals surface area contributed by atoms with Gasteiger partial charge in [-0.25, -0.2) is 4.85 Å². The van der Waals surface area contributed by atoms with E-state index in [1.165, 1.54) is 20.7 Å². The van der Waals surface area contributed by atoms with Crippen LogP contribution >= 0.6 is 0 Å². The fourth-order valence-electron chi connectivity index (χ4n) is 6.00. The van der Waals surface area contributed by atoms with Gasteiger partial charge in [0, 0.05) is 10.8 Å². The van der Waals surface area contributed by atoms with Gasteiger partial charge in [-0.1, -0.05) is 140 Å². The maximum absolute atomic E-state index is 7.34. The first-order chi connectivity index (χ1) is 19.8. The van der Waals surface area contributed by atoms with E-state index < -0.39 is 8.07 Å². The maximum Gasteiger partial charge on any atom is 0.187 e. The highest BCUT2D eigenvalue weighted by atomic mass is 28.3. The molecule has 0 aliphatic rings. The van der Waals surface area contributed by atoms with Gasteiger partial charge in [0.15, 0.2) is 13.8 Å². The third kappa shape index (κ3) is 3.86. The fourth-order valence-corrected chi connectivity index (χ4v) is 10.8. The Hall–Kier alpha value is -5.17. The van der Waals surface area contributed by atoms with Crippen molar-refractivity contribution in [3.8, 4) is 11.1 Å². The molecule has 3 heteroatoms. The zero-order valence-corrected chi connectivity index (χ0v) is 22.8. The van der Waals surface area contributed by atoms with Crippen LogP contribution in [0.3, 0.4) is 0 Å². The number of hydrogen-bond donors (Lipinski definition) is 0. The van der Waals surface area contributed by atoms with Crippen LogP contribution in [0.5, 0.6) is 0 Å². The van der Waals surface area contributed by atoms with Crippen LogP contribution in [0, 0.1) is 6.57 Å². The lowest BCUT2D eigenvalue weighted by atomic mass is 10.1. The standard InChI is InChI=1S/C37H25NOSi/c1-38-29-21-19-27(20-22-29)28-11-10-16-32(25-28)40(30-12-4-2-5-13-30,31-14-6-3-7-15-31)33-23-24-37-35(26-33)34-17-8-9-18-36(34)39-37/h2-26H. The third-order valence-electron chi connectivity index (χ3n) is 7.85. The SMILES string of the molecule is [C-]#[N+]c1ccc(-c2cccc([Si](c3ccccc3)(c3ccccc3)c3ccc4oc5ccccc5c4c3)c2)cc1. The van der Waals surface area contributed by atoms with Crippen molar-refractivity contribution in [3.63, 3.8) is 0 Å². The quantitative estimate of drug-likeness (QED) is 0.132. The summed E-state index contributed by atoms with van der Waals surface area (Å²) in [6, 6.07) is 53.9. The summed E-state index contributed by atoms with van der Waals surface area (Å²) in [5, 5.41) is 7.55. The van der Waals surface area contributed by atoms with Gasteiger partial charge >= 0.3 is 0 Å². The normalized spacial score (nSPS) is 11.5. The molecule has 0 saturated heterocycles. The average Bonchev–Trinajstić information content (AvgIpc) is 3.41. The summed E-state index contributed by atoms with van der Waals surface area (Å²) in [7, 11) is -2.75. The second-order valence-electron chi connectivity index (χ2n) is 10.0. The van der Waals surface area contributed by atoms with E-state index in [2.05, 4.69) is 120 Å². The molecule has 0 atom stereocenters. The molecule has 1 aromatic heterocycles. The summed E-state index contributed by atoms with van der Waals surface area (Å²) in [6.45, 7) is 7.34. The van der Waals surface area contributed by atoms with Crippen molar-refractivity contribution in [1.82, 2.24) is 0 Å². The third-order valence-corrected chi connectivity index (χ3v) is 12.6. The van der Waals surface area contributed by atoms with E-state index in [0.29, 0.717) is 5.69 Å². The molecule has 0 aliphatic heterocycles. The predicted octanol–water partition coefficient (Wildman–Crippen LogP) is 7.18. The minimum Gasteiger partial charge on any atom is -0.456 e. The highest BCUT2D eigenvalue weighted by Crippen LogP contribution is 2.29. The van der Waals surface area contributed by atoms with E-state index in [9.17, 15) is 0 Å². The average molecular weight is 528 g/mol. The highest BCUT2D eigenvalue weighted by Gasteiger charge is 2.41. The van der Waals surface area contributed by atoms with E-state index in [1.807, 2.05) is 36.4 Å². The van der Waals surface area contributed by atoms with E-state index in [0.717, 1.165) is 33.1 Å². The molecule has 0 amide bonds. The molecule has 7 rings (SSSR count). The predicted molar refractivity (Wildman–Crippen MR) is 169 cm³/mol. The van der Waals surface area contributed by atoms with Crippen LogP contribution in [-0.4, -0.2) is 8.07 Å². The molecule has 0 aliphatic carbocycles. The Balaban J connectivity index is 1.56. The minimum atomic E-state index is -2.75. The van der Waals surface area contributed by atoms with Gasteiger partial charge in [-0.05, 0) is 44.0 Å². The smallest absolute Gasteiger partial charge is 0.187 e. The van der Waals surface area contributed by atoms with Crippen LogP contribution in [-0.2, 0) is 0 Å². The second-order valence-corrected chi connectivity index (χ2v) is 13.8. The number of rotatable bonds is 5. The molecule has 1 heterocycles. The topological polar surface area (TPSA) is 17.5 Å². The molecule has 2 nitrogen and oxygen atoms in total. The molecule has 7 aromatic rings. The molecule has 40 heavy (non-hydrogen) atoms. The zero-order chi connectivity index (χ0) is 26.9. The molecule has 0 radical (unpaired) electrons. The highest BCUT2D eigenvalue weighted by molar-refractivity contribution is 7.20. The molecular formula is C37H25NOSi. The molecule has 6 aromatic carbocycles. The van der Waals surface area contributed by atoms with Gasteiger partial charge in [0.1, 0.15) is 11.2 Å². The Bertz CT molecular complexity index is 1960. The first-order valence-corrected chi connectivity index (χ1v) is 15.4. The Kier molecular flexibility index (Phi) is 5.89. The molecule has 0 bridgehead atoms. The lowest BCUT2D eigenvalue weighted by Crippen LogP contribution is -2.74. The summed E-state index contributed by atoms with van der Waals surface area (Å²) in [5.41, 5.74) is 4.72. The van der Waals surface area contributed by atoms with Gasteiger partial charge in [0.05, 0.1) is 6.57 Å². The van der Waals surface area contributed by atoms with Gasteiger partial charge in [0.2, 0.25) is 0 Å². The second kappa shape index (κ2) is 9.85. The number of nitrogens with zero attached hydrogens (tertiary/aromatic N) is 1. The van der Waals surface area contributed by atoms with Crippen molar-refractivity contribution >= 4 is 56.4 Å². The summed E-state index contributed by atoms with van der Waals surface area (Å²) in [5.74, 6) is 0. The fraction of sp³-hybridized carbons (Fsp3) is 0. The van der Waals surface area contributed by atoms with Crippen LogP contribution in [0.4, 0.5) is 5.69 Å².